The minimum Gasteiger partial charge on any atom is -0.490 e. The van der Waals surface area contributed by atoms with Crippen LogP contribution in [-0.2, 0) is 0 Å². The Bertz CT molecular complexity index is 548. The topological polar surface area (TPSA) is 21.3 Å². The van der Waals surface area contributed by atoms with Crippen LogP contribution < -0.4 is 10.1 Å². The number of hydrogen-bond acceptors (Lipinski definition) is 2. The molecule has 0 saturated heterocycles. The van der Waals surface area contributed by atoms with Crippen molar-refractivity contribution in [2.75, 3.05) is 18.5 Å². The zero-order chi connectivity index (χ0) is 13.7. The van der Waals surface area contributed by atoms with Gasteiger partial charge in [-0.3, -0.25) is 0 Å². The third-order valence-corrected chi connectivity index (χ3v) is 3.25. The molecule has 2 nitrogen and oxygen atoms in total. The standard InChI is InChI=1S/C14H12BrClFNO/c15-10-1-4-12(5-2-10)18-7-8-19-14-6-3-11(17)9-13(14)16/h1-6,9,18H,7-8H2. The highest BCUT2D eigenvalue weighted by Crippen LogP contribution is 2.24. The Labute approximate surface area is 124 Å². The van der Waals surface area contributed by atoms with Crippen LogP contribution in [0, 0.1) is 5.82 Å². The zero-order valence-electron chi connectivity index (χ0n) is 10.00. The van der Waals surface area contributed by atoms with Crippen LogP contribution in [-0.4, -0.2) is 13.2 Å². The Kier molecular flexibility index (Phi) is 5.05. The number of benzene rings is 2. The number of nitrogens with one attached hydrogen (secondary N) is 1. The SMILES string of the molecule is Fc1ccc(OCCNc2ccc(Br)cc2)c(Cl)c1. The van der Waals surface area contributed by atoms with Crippen LogP contribution in [0.3, 0.4) is 0 Å². The first kappa shape index (κ1) is 14.2. The van der Waals surface area contributed by atoms with Gasteiger partial charge in [0.15, 0.2) is 0 Å². The van der Waals surface area contributed by atoms with Gasteiger partial charge < -0.3 is 10.1 Å². The highest BCUT2D eigenvalue weighted by molar-refractivity contribution is 9.10. The Hall–Kier alpha value is -1.26. The van der Waals surface area contributed by atoms with Crippen molar-refractivity contribution in [1.82, 2.24) is 0 Å². The Balaban J connectivity index is 1.79. The van der Waals surface area contributed by atoms with Crippen LogP contribution >= 0.6 is 27.5 Å². The zero-order valence-corrected chi connectivity index (χ0v) is 12.3. The molecule has 0 amide bonds. The minimum absolute atomic E-state index is 0.281. The molecule has 1 N–H and O–H groups in total. The van der Waals surface area contributed by atoms with Crippen LogP contribution in [0.25, 0.3) is 0 Å². The van der Waals surface area contributed by atoms with E-state index in [1.807, 2.05) is 24.3 Å². The Morgan fingerprint density at radius 3 is 2.58 bits per heavy atom. The molecular formula is C14H12BrClFNO. The summed E-state index contributed by atoms with van der Waals surface area (Å²) >= 11 is 9.23. The number of hydrogen-bond donors (Lipinski definition) is 1. The van der Waals surface area contributed by atoms with E-state index in [0.717, 1.165) is 10.2 Å². The van der Waals surface area contributed by atoms with Crippen LogP contribution in [0.1, 0.15) is 0 Å². The smallest absolute Gasteiger partial charge is 0.138 e. The first-order valence-corrected chi connectivity index (χ1v) is 6.89. The summed E-state index contributed by atoms with van der Waals surface area (Å²) < 4.78 is 19.3. The lowest BCUT2D eigenvalue weighted by atomic mass is 10.3. The van der Waals surface area contributed by atoms with Gasteiger partial charge in [-0.05, 0) is 42.5 Å². The largest absolute Gasteiger partial charge is 0.490 e. The summed E-state index contributed by atoms with van der Waals surface area (Å²) in [5.41, 5.74) is 1.01. The number of ether oxygens (including phenoxy) is 1. The molecule has 2 aromatic rings. The molecule has 0 aliphatic heterocycles. The van der Waals surface area contributed by atoms with Crippen molar-refractivity contribution in [3.05, 3.63) is 57.8 Å². The van der Waals surface area contributed by atoms with Crippen LogP contribution in [0.15, 0.2) is 46.9 Å². The van der Waals surface area contributed by atoms with E-state index >= 15 is 0 Å². The molecule has 0 spiro atoms. The van der Waals surface area contributed by atoms with Gasteiger partial charge in [0.25, 0.3) is 0 Å². The fourth-order valence-electron chi connectivity index (χ4n) is 1.52. The first-order chi connectivity index (χ1) is 9.15. The predicted octanol–water partition coefficient (Wildman–Crippen LogP) is 4.73. The molecule has 0 saturated carbocycles. The lowest BCUT2D eigenvalue weighted by Crippen LogP contribution is -2.11. The van der Waals surface area contributed by atoms with E-state index in [4.69, 9.17) is 16.3 Å². The van der Waals surface area contributed by atoms with Gasteiger partial charge in [-0.1, -0.05) is 27.5 Å². The monoisotopic (exact) mass is 343 g/mol. The maximum Gasteiger partial charge on any atom is 0.138 e. The van der Waals surface area contributed by atoms with E-state index in [-0.39, 0.29) is 10.8 Å². The average Bonchev–Trinajstić information content (AvgIpc) is 2.39. The van der Waals surface area contributed by atoms with Gasteiger partial charge in [0, 0.05) is 16.7 Å². The predicted molar refractivity (Wildman–Crippen MR) is 79.5 cm³/mol. The summed E-state index contributed by atoms with van der Waals surface area (Å²) in [6.45, 7) is 1.08. The van der Waals surface area contributed by atoms with Crippen molar-refractivity contribution in [2.45, 2.75) is 0 Å². The normalized spacial score (nSPS) is 10.3. The molecule has 5 heteroatoms. The van der Waals surface area contributed by atoms with Crippen molar-refractivity contribution in [3.63, 3.8) is 0 Å². The Morgan fingerprint density at radius 2 is 1.89 bits per heavy atom. The molecule has 0 radical (unpaired) electrons. The second-order valence-corrected chi connectivity index (χ2v) is 5.18. The molecule has 0 atom stereocenters. The van der Waals surface area contributed by atoms with E-state index in [1.165, 1.54) is 18.2 Å². The Morgan fingerprint density at radius 1 is 1.16 bits per heavy atom. The number of halogens is 3. The van der Waals surface area contributed by atoms with Gasteiger partial charge in [0.05, 0.1) is 5.02 Å². The van der Waals surface area contributed by atoms with Crippen molar-refractivity contribution >= 4 is 33.2 Å². The molecule has 0 aromatic heterocycles. The molecule has 0 unspecified atom stereocenters. The lowest BCUT2D eigenvalue weighted by molar-refractivity contribution is 0.332. The van der Waals surface area contributed by atoms with Crippen molar-refractivity contribution in [3.8, 4) is 5.75 Å². The molecule has 2 aromatic carbocycles. The van der Waals surface area contributed by atoms with Crippen molar-refractivity contribution in [1.29, 1.82) is 0 Å². The molecule has 100 valence electrons. The molecule has 19 heavy (non-hydrogen) atoms. The van der Waals surface area contributed by atoms with Gasteiger partial charge in [-0.15, -0.1) is 0 Å². The van der Waals surface area contributed by atoms with Crippen LogP contribution in [0.2, 0.25) is 5.02 Å². The molecule has 2 rings (SSSR count). The fourth-order valence-corrected chi connectivity index (χ4v) is 2.00. The third-order valence-electron chi connectivity index (χ3n) is 2.43. The highest BCUT2D eigenvalue weighted by atomic mass is 79.9. The van der Waals surface area contributed by atoms with E-state index in [0.29, 0.717) is 18.9 Å². The molecule has 0 aliphatic carbocycles. The molecule has 0 bridgehead atoms. The minimum atomic E-state index is -0.370. The van der Waals surface area contributed by atoms with Crippen molar-refractivity contribution < 1.29 is 9.13 Å². The van der Waals surface area contributed by atoms with Crippen LogP contribution in [0.4, 0.5) is 10.1 Å². The summed E-state index contributed by atoms with van der Waals surface area (Å²) in [6.07, 6.45) is 0. The second-order valence-electron chi connectivity index (χ2n) is 3.86. The van der Waals surface area contributed by atoms with Crippen LogP contribution in [0.5, 0.6) is 5.75 Å². The fraction of sp³-hybridized carbons (Fsp3) is 0.143. The van der Waals surface area contributed by atoms with E-state index in [1.54, 1.807) is 0 Å². The van der Waals surface area contributed by atoms with E-state index in [9.17, 15) is 4.39 Å². The highest BCUT2D eigenvalue weighted by Gasteiger charge is 2.02. The van der Waals surface area contributed by atoms with Crippen molar-refractivity contribution in [2.24, 2.45) is 0 Å². The average molecular weight is 345 g/mol. The first-order valence-electron chi connectivity index (χ1n) is 5.72. The lowest BCUT2D eigenvalue weighted by Gasteiger charge is -2.09. The molecule has 0 aliphatic rings. The van der Waals surface area contributed by atoms with E-state index < -0.39 is 0 Å². The van der Waals surface area contributed by atoms with Gasteiger partial charge in [0.1, 0.15) is 18.2 Å². The quantitative estimate of drug-likeness (QED) is 0.792. The maximum atomic E-state index is 12.8. The summed E-state index contributed by atoms with van der Waals surface area (Å²) in [4.78, 5) is 0. The summed E-state index contributed by atoms with van der Waals surface area (Å²) in [5, 5.41) is 3.49. The molecule has 0 fully saturated rings. The molecular weight excluding hydrogens is 333 g/mol. The summed E-state index contributed by atoms with van der Waals surface area (Å²) in [6, 6.07) is 11.9. The van der Waals surface area contributed by atoms with Gasteiger partial charge in [-0.2, -0.15) is 0 Å². The van der Waals surface area contributed by atoms with Gasteiger partial charge in [-0.25, -0.2) is 4.39 Å². The second kappa shape index (κ2) is 6.78. The number of rotatable bonds is 5. The molecule has 0 heterocycles. The third kappa shape index (κ3) is 4.40. The van der Waals surface area contributed by atoms with E-state index in [2.05, 4.69) is 21.2 Å². The van der Waals surface area contributed by atoms with Gasteiger partial charge >= 0.3 is 0 Å². The van der Waals surface area contributed by atoms with Gasteiger partial charge in [0.2, 0.25) is 0 Å². The summed E-state index contributed by atoms with van der Waals surface area (Å²) in [7, 11) is 0. The maximum absolute atomic E-state index is 12.8. The number of anilines is 1. The summed E-state index contributed by atoms with van der Waals surface area (Å²) in [5.74, 6) is 0.117.